The van der Waals surface area contributed by atoms with Gasteiger partial charge in [0.15, 0.2) is 5.76 Å². The Morgan fingerprint density at radius 2 is 1.88 bits per heavy atom. The van der Waals surface area contributed by atoms with E-state index in [2.05, 4.69) is 10.5 Å². The SMILES string of the molecule is Cc1noc(C)c1S(=O)(=O)N(C)CC(=O)Nc1ccc(OC(C)C)cc1. The van der Waals surface area contributed by atoms with Gasteiger partial charge in [0, 0.05) is 12.7 Å². The van der Waals surface area contributed by atoms with Gasteiger partial charge in [-0.15, -0.1) is 0 Å². The van der Waals surface area contributed by atoms with Crippen LogP contribution in [0, 0.1) is 13.8 Å². The highest BCUT2D eigenvalue weighted by Crippen LogP contribution is 2.22. The van der Waals surface area contributed by atoms with E-state index < -0.39 is 15.9 Å². The molecule has 2 rings (SSSR count). The Labute approximate surface area is 153 Å². The average molecular weight is 381 g/mol. The van der Waals surface area contributed by atoms with Crippen molar-refractivity contribution >= 4 is 21.6 Å². The molecule has 1 amide bonds. The zero-order valence-electron chi connectivity index (χ0n) is 15.4. The number of nitrogens with one attached hydrogen (secondary N) is 1. The fraction of sp³-hybridized carbons (Fsp3) is 0.412. The molecule has 1 N–H and O–H groups in total. The van der Waals surface area contributed by atoms with Crippen LogP contribution in [0.1, 0.15) is 25.3 Å². The van der Waals surface area contributed by atoms with E-state index in [1.54, 1.807) is 24.3 Å². The van der Waals surface area contributed by atoms with Crippen LogP contribution in [-0.4, -0.2) is 43.5 Å². The molecule has 1 aromatic carbocycles. The Morgan fingerprint density at radius 1 is 1.27 bits per heavy atom. The van der Waals surface area contributed by atoms with Gasteiger partial charge < -0.3 is 14.6 Å². The number of aryl methyl sites for hydroxylation is 2. The highest BCUT2D eigenvalue weighted by Gasteiger charge is 2.29. The summed E-state index contributed by atoms with van der Waals surface area (Å²) in [4.78, 5) is 12.2. The molecule has 9 heteroatoms. The van der Waals surface area contributed by atoms with Gasteiger partial charge in [0.25, 0.3) is 0 Å². The maximum absolute atomic E-state index is 12.6. The van der Waals surface area contributed by atoms with Gasteiger partial charge in [0.2, 0.25) is 15.9 Å². The summed E-state index contributed by atoms with van der Waals surface area (Å²) in [5.74, 6) is 0.423. The predicted molar refractivity (Wildman–Crippen MR) is 96.6 cm³/mol. The molecule has 1 heterocycles. The molecule has 1 aromatic heterocycles. The van der Waals surface area contributed by atoms with E-state index in [9.17, 15) is 13.2 Å². The van der Waals surface area contributed by atoms with E-state index in [1.165, 1.54) is 20.9 Å². The number of likely N-dealkylation sites (N-methyl/N-ethyl adjacent to an activating group) is 1. The van der Waals surface area contributed by atoms with Crippen LogP contribution in [0.5, 0.6) is 5.75 Å². The van der Waals surface area contributed by atoms with Gasteiger partial charge in [-0.3, -0.25) is 4.79 Å². The molecule has 0 atom stereocenters. The number of carbonyl (C=O) groups excluding carboxylic acids is 1. The van der Waals surface area contributed by atoms with E-state index in [0.29, 0.717) is 11.4 Å². The molecule has 0 aliphatic heterocycles. The number of carbonyl (C=O) groups is 1. The number of nitrogens with zero attached hydrogens (tertiary/aromatic N) is 2. The lowest BCUT2D eigenvalue weighted by Gasteiger charge is -2.16. The first kappa shape index (κ1) is 19.9. The fourth-order valence-electron chi connectivity index (χ4n) is 2.38. The lowest BCUT2D eigenvalue weighted by molar-refractivity contribution is -0.116. The third-order valence-corrected chi connectivity index (χ3v) is 5.56. The van der Waals surface area contributed by atoms with Crippen LogP contribution in [0.3, 0.4) is 0 Å². The number of amides is 1. The summed E-state index contributed by atoms with van der Waals surface area (Å²) < 4.78 is 36.6. The first-order valence-electron chi connectivity index (χ1n) is 8.07. The van der Waals surface area contributed by atoms with Crippen LogP contribution in [0.4, 0.5) is 5.69 Å². The van der Waals surface area contributed by atoms with Crippen molar-refractivity contribution in [2.75, 3.05) is 18.9 Å². The monoisotopic (exact) mass is 381 g/mol. The van der Waals surface area contributed by atoms with Crippen molar-refractivity contribution in [1.82, 2.24) is 9.46 Å². The van der Waals surface area contributed by atoms with E-state index in [-0.39, 0.29) is 29.0 Å². The van der Waals surface area contributed by atoms with Gasteiger partial charge in [-0.05, 0) is 52.0 Å². The van der Waals surface area contributed by atoms with E-state index in [4.69, 9.17) is 9.26 Å². The van der Waals surface area contributed by atoms with Gasteiger partial charge in [0.05, 0.1) is 12.6 Å². The standard InChI is InChI=1S/C17H23N3O5S/c1-11(2)24-15-8-6-14(7-9-15)18-16(21)10-20(5)26(22,23)17-12(3)19-25-13(17)4/h6-9,11H,10H2,1-5H3,(H,18,21). The van der Waals surface area contributed by atoms with Crippen molar-refractivity contribution in [3.05, 3.63) is 35.7 Å². The fourth-order valence-corrected chi connectivity index (χ4v) is 3.79. The van der Waals surface area contributed by atoms with E-state index >= 15 is 0 Å². The lowest BCUT2D eigenvalue weighted by atomic mass is 10.3. The third kappa shape index (κ3) is 4.61. The van der Waals surface area contributed by atoms with Crippen LogP contribution in [0.25, 0.3) is 0 Å². The van der Waals surface area contributed by atoms with Crippen molar-refractivity contribution in [2.24, 2.45) is 0 Å². The second kappa shape index (κ2) is 7.88. The van der Waals surface area contributed by atoms with E-state index in [1.807, 2.05) is 13.8 Å². The summed E-state index contributed by atoms with van der Waals surface area (Å²) in [6.07, 6.45) is 0.0543. The highest BCUT2D eigenvalue weighted by molar-refractivity contribution is 7.89. The third-order valence-electron chi connectivity index (χ3n) is 3.51. The molecule has 0 saturated carbocycles. The quantitative estimate of drug-likeness (QED) is 0.790. The summed E-state index contributed by atoms with van der Waals surface area (Å²) in [5, 5.41) is 6.31. The van der Waals surface area contributed by atoms with E-state index in [0.717, 1.165) is 4.31 Å². The number of sulfonamides is 1. The van der Waals surface area contributed by atoms with Gasteiger partial charge >= 0.3 is 0 Å². The van der Waals surface area contributed by atoms with Crippen molar-refractivity contribution in [3.63, 3.8) is 0 Å². The number of hydrogen-bond donors (Lipinski definition) is 1. The van der Waals surface area contributed by atoms with Gasteiger partial charge in [-0.1, -0.05) is 5.16 Å². The predicted octanol–water partition coefficient (Wildman–Crippen LogP) is 2.34. The molecular weight excluding hydrogens is 358 g/mol. The molecule has 0 fully saturated rings. The largest absolute Gasteiger partial charge is 0.491 e. The average Bonchev–Trinajstić information content (AvgIpc) is 2.88. The molecule has 142 valence electrons. The molecule has 0 bridgehead atoms. The van der Waals surface area contributed by atoms with Crippen LogP contribution in [0.2, 0.25) is 0 Å². The molecule has 0 aliphatic rings. The number of benzene rings is 1. The Morgan fingerprint density at radius 3 is 2.38 bits per heavy atom. The first-order chi connectivity index (χ1) is 12.1. The number of ether oxygens (including phenoxy) is 1. The molecule has 0 aliphatic carbocycles. The Hall–Kier alpha value is -2.39. The Kier molecular flexibility index (Phi) is 6.04. The topological polar surface area (TPSA) is 102 Å². The normalized spacial score (nSPS) is 11.8. The summed E-state index contributed by atoms with van der Waals surface area (Å²) in [7, 11) is -2.53. The summed E-state index contributed by atoms with van der Waals surface area (Å²) >= 11 is 0. The molecule has 26 heavy (non-hydrogen) atoms. The minimum absolute atomic E-state index is 0.0111. The molecule has 0 saturated heterocycles. The van der Waals surface area contributed by atoms with Crippen molar-refractivity contribution < 1.29 is 22.5 Å². The number of hydrogen-bond acceptors (Lipinski definition) is 6. The van der Waals surface area contributed by atoms with Crippen molar-refractivity contribution in [1.29, 1.82) is 0 Å². The molecule has 0 unspecified atom stereocenters. The zero-order valence-corrected chi connectivity index (χ0v) is 16.3. The van der Waals surface area contributed by atoms with Crippen LogP contribution >= 0.6 is 0 Å². The smallest absolute Gasteiger partial charge is 0.248 e. The molecule has 0 radical (unpaired) electrons. The van der Waals surface area contributed by atoms with Crippen molar-refractivity contribution in [2.45, 2.75) is 38.7 Å². The molecule has 0 spiro atoms. The van der Waals surface area contributed by atoms with Crippen LogP contribution in [0.15, 0.2) is 33.7 Å². The lowest BCUT2D eigenvalue weighted by Crippen LogP contribution is -2.35. The minimum Gasteiger partial charge on any atom is -0.491 e. The number of rotatable bonds is 7. The Balaban J connectivity index is 2.03. The number of anilines is 1. The van der Waals surface area contributed by atoms with Crippen molar-refractivity contribution in [3.8, 4) is 5.75 Å². The Bertz CT molecular complexity index is 853. The first-order valence-corrected chi connectivity index (χ1v) is 9.51. The minimum atomic E-state index is -3.87. The summed E-state index contributed by atoms with van der Waals surface area (Å²) in [5.41, 5.74) is 0.810. The maximum atomic E-state index is 12.6. The van der Waals surface area contributed by atoms with Gasteiger partial charge in [0.1, 0.15) is 16.3 Å². The summed E-state index contributed by atoms with van der Waals surface area (Å²) in [6, 6.07) is 6.86. The van der Waals surface area contributed by atoms with Gasteiger partial charge in [-0.25, -0.2) is 8.42 Å². The molecular formula is C17H23N3O5S. The van der Waals surface area contributed by atoms with Crippen LogP contribution < -0.4 is 10.1 Å². The second-order valence-electron chi connectivity index (χ2n) is 6.15. The zero-order chi connectivity index (χ0) is 19.5. The summed E-state index contributed by atoms with van der Waals surface area (Å²) in [6.45, 7) is 6.56. The highest BCUT2D eigenvalue weighted by atomic mass is 32.2. The van der Waals surface area contributed by atoms with Crippen LogP contribution in [-0.2, 0) is 14.8 Å². The maximum Gasteiger partial charge on any atom is 0.248 e. The molecule has 2 aromatic rings. The number of aromatic nitrogens is 1. The molecule has 8 nitrogen and oxygen atoms in total. The second-order valence-corrected chi connectivity index (χ2v) is 8.14. The van der Waals surface area contributed by atoms with Gasteiger partial charge in [-0.2, -0.15) is 4.31 Å².